The van der Waals surface area contributed by atoms with E-state index in [9.17, 15) is 9.59 Å². The van der Waals surface area contributed by atoms with Gasteiger partial charge in [-0.3, -0.25) is 9.59 Å². The lowest BCUT2D eigenvalue weighted by Gasteiger charge is -2.49. The number of halogens is 1. The molecule has 2 N–H and O–H groups in total. The molecule has 7 nitrogen and oxygen atoms in total. The largest absolute Gasteiger partial charge is 0.356 e. The molecule has 1 rings (SSSR count). The summed E-state index contributed by atoms with van der Waals surface area (Å²) in [6.07, 6.45) is 0. The summed E-state index contributed by atoms with van der Waals surface area (Å²) in [6, 6.07) is 0.154. The number of aliphatic imine (C=N–C) groups is 1. The number of rotatable bonds is 4. The molecule has 0 aromatic rings. The van der Waals surface area contributed by atoms with Crippen LogP contribution in [0, 0.1) is 0 Å². The predicted molar refractivity (Wildman–Crippen MR) is 117 cm³/mol. The van der Waals surface area contributed by atoms with Gasteiger partial charge in [-0.25, -0.2) is 4.99 Å². The Balaban J connectivity index is 0.00000625. The number of guanidine groups is 1. The maximum atomic E-state index is 12.6. The van der Waals surface area contributed by atoms with E-state index < -0.39 is 0 Å². The third-order valence-electron chi connectivity index (χ3n) is 3.86. The van der Waals surface area contributed by atoms with Crippen LogP contribution in [0.15, 0.2) is 4.99 Å². The van der Waals surface area contributed by atoms with Crippen molar-refractivity contribution in [1.82, 2.24) is 20.4 Å². The number of piperazine rings is 1. The van der Waals surface area contributed by atoms with Gasteiger partial charge >= 0.3 is 0 Å². The number of hydrogen-bond acceptors (Lipinski definition) is 3. The maximum Gasteiger partial charge on any atom is 0.242 e. The molecule has 1 aliphatic rings. The van der Waals surface area contributed by atoms with Gasteiger partial charge in [0, 0.05) is 24.7 Å². The van der Waals surface area contributed by atoms with Gasteiger partial charge < -0.3 is 20.4 Å². The average Bonchev–Trinajstić information content (AvgIpc) is 2.38. The summed E-state index contributed by atoms with van der Waals surface area (Å²) in [6.45, 7) is 17.6. The van der Waals surface area contributed by atoms with Crippen LogP contribution in [-0.2, 0) is 9.59 Å². The lowest BCUT2D eigenvalue weighted by atomic mass is 9.96. The Morgan fingerprint density at radius 2 is 1.88 bits per heavy atom. The predicted octanol–water partition coefficient (Wildman–Crippen LogP) is 1.82. The van der Waals surface area contributed by atoms with E-state index in [0.29, 0.717) is 19.0 Å². The van der Waals surface area contributed by atoms with Crippen LogP contribution in [0.5, 0.6) is 0 Å². The lowest BCUT2D eigenvalue weighted by Crippen LogP contribution is -2.66. The highest BCUT2D eigenvalue weighted by atomic mass is 127. The third kappa shape index (κ3) is 7.28. The topological polar surface area (TPSA) is 77.0 Å². The zero-order chi connectivity index (χ0) is 19.4. The Hall–Kier alpha value is -1.06. The highest BCUT2D eigenvalue weighted by Crippen LogP contribution is 2.24. The number of amides is 2. The second-order valence-electron chi connectivity index (χ2n) is 8.49. The van der Waals surface area contributed by atoms with E-state index >= 15 is 0 Å². The fourth-order valence-electron chi connectivity index (χ4n) is 3.34. The van der Waals surface area contributed by atoms with Crippen molar-refractivity contribution < 1.29 is 9.59 Å². The van der Waals surface area contributed by atoms with Gasteiger partial charge in [0.15, 0.2) is 5.96 Å². The molecule has 0 saturated carbocycles. The Labute approximate surface area is 175 Å². The molecule has 1 heterocycles. The minimum absolute atomic E-state index is 0. The molecule has 0 aromatic heterocycles. The Kier molecular flexibility index (Phi) is 9.36. The highest BCUT2D eigenvalue weighted by Gasteiger charge is 2.40. The summed E-state index contributed by atoms with van der Waals surface area (Å²) in [4.78, 5) is 33.0. The molecule has 1 fully saturated rings. The minimum atomic E-state index is -0.298. The third-order valence-corrected chi connectivity index (χ3v) is 3.86. The molecule has 1 saturated heterocycles. The number of nitrogens with zero attached hydrogens (tertiary/aromatic N) is 3. The van der Waals surface area contributed by atoms with Crippen molar-refractivity contribution in [2.75, 3.05) is 26.2 Å². The van der Waals surface area contributed by atoms with E-state index in [-0.39, 0.29) is 66.0 Å². The molecule has 0 atom stereocenters. The van der Waals surface area contributed by atoms with Crippen LogP contribution >= 0.6 is 24.0 Å². The maximum absolute atomic E-state index is 12.6. The van der Waals surface area contributed by atoms with Gasteiger partial charge in [-0.05, 0) is 55.4 Å². The van der Waals surface area contributed by atoms with Crippen molar-refractivity contribution in [1.29, 1.82) is 0 Å². The summed E-state index contributed by atoms with van der Waals surface area (Å²) < 4.78 is 0. The molecule has 26 heavy (non-hydrogen) atoms. The fourth-order valence-corrected chi connectivity index (χ4v) is 3.34. The van der Waals surface area contributed by atoms with Crippen molar-refractivity contribution >= 4 is 41.8 Å². The first-order valence-electron chi connectivity index (χ1n) is 9.04. The van der Waals surface area contributed by atoms with Crippen LogP contribution in [0.4, 0.5) is 0 Å². The second-order valence-corrected chi connectivity index (χ2v) is 8.49. The molecule has 2 amide bonds. The number of hydrogen-bond donors (Lipinski definition) is 2. The monoisotopic (exact) mass is 481 g/mol. The van der Waals surface area contributed by atoms with E-state index in [1.807, 2.05) is 51.3 Å². The Morgan fingerprint density at radius 1 is 1.31 bits per heavy atom. The van der Waals surface area contributed by atoms with Gasteiger partial charge in [0.25, 0.3) is 0 Å². The van der Waals surface area contributed by atoms with E-state index in [0.717, 1.165) is 0 Å². The van der Waals surface area contributed by atoms with Crippen LogP contribution in [0.25, 0.3) is 0 Å². The zero-order valence-electron chi connectivity index (χ0n) is 17.5. The quantitative estimate of drug-likeness (QED) is 0.365. The number of carbonyl (C=O) groups excluding carboxylic acids is 2. The SMILES string of the molecule is CCNC(=NCC(=O)NC(C)(C)C)N1CC(=O)N(C(C)C)C(C)(C)C1.I. The molecule has 1 aliphatic heterocycles. The summed E-state index contributed by atoms with van der Waals surface area (Å²) >= 11 is 0. The molecule has 152 valence electrons. The van der Waals surface area contributed by atoms with Gasteiger partial charge in [-0.2, -0.15) is 0 Å². The molecule has 0 radical (unpaired) electrons. The standard InChI is InChI=1S/C18H35N5O2.HI/c1-9-19-16(20-10-14(24)21-17(4,5)6)22-11-15(25)23(13(2)3)18(7,8)12-22;/h13H,9-12H2,1-8H3,(H,19,20)(H,21,24);1H. The molecule has 8 heteroatoms. The lowest BCUT2D eigenvalue weighted by molar-refractivity contribution is -0.145. The summed E-state index contributed by atoms with van der Waals surface area (Å²) in [5.41, 5.74) is -0.584. The van der Waals surface area contributed by atoms with E-state index in [4.69, 9.17) is 0 Å². The van der Waals surface area contributed by atoms with Crippen molar-refractivity contribution in [3.8, 4) is 0 Å². The van der Waals surface area contributed by atoms with Gasteiger partial charge in [-0.15, -0.1) is 24.0 Å². The van der Waals surface area contributed by atoms with Gasteiger partial charge in [0.1, 0.15) is 6.54 Å². The van der Waals surface area contributed by atoms with Crippen LogP contribution in [0.1, 0.15) is 55.4 Å². The van der Waals surface area contributed by atoms with Gasteiger partial charge in [0.05, 0.1) is 12.1 Å². The van der Waals surface area contributed by atoms with Gasteiger partial charge in [-0.1, -0.05) is 0 Å². The molecule has 0 unspecified atom stereocenters. The summed E-state index contributed by atoms with van der Waals surface area (Å²) in [5.74, 6) is 0.557. The van der Waals surface area contributed by atoms with Crippen LogP contribution in [0.2, 0.25) is 0 Å². The van der Waals surface area contributed by atoms with E-state index in [2.05, 4.69) is 29.5 Å². The van der Waals surface area contributed by atoms with E-state index in [1.165, 1.54) is 0 Å². The fraction of sp³-hybridized carbons (Fsp3) is 0.833. The highest BCUT2D eigenvalue weighted by molar-refractivity contribution is 14.0. The summed E-state index contributed by atoms with van der Waals surface area (Å²) in [5, 5.41) is 6.10. The van der Waals surface area contributed by atoms with Crippen LogP contribution in [0.3, 0.4) is 0 Å². The Morgan fingerprint density at radius 3 is 2.31 bits per heavy atom. The Bertz CT molecular complexity index is 526. The van der Waals surface area contributed by atoms with E-state index in [1.54, 1.807) is 0 Å². The normalized spacial score (nSPS) is 17.9. The molecule has 0 aromatic carbocycles. The summed E-state index contributed by atoms with van der Waals surface area (Å²) in [7, 11) is 0. The average molecular weight is 481 g/mol. The molecular weight excluding hydrogens is 445 g/mol. The van der Waals surface area contributed by atoms with Crippen molar-refractivity contribution in [3.05, 3.63) is 0 Å². The molecule has 0 bridgehead atoms. The van der Waals surface area contributed by atoms with Crippen molar-refractivity contribution in [2.24, 2.45) is 4.99 Å². The number of carbonyl (C=O) groups is 2. The molecule has 0 spiro atoms. The van der Waals surface area contributed by atoms with Crippen molar-refractivity contribution in [2.45, 2.75) is 72.5 Å². The minimum Gasteiger partial charge on any atom is -0.356 e. The zero-order valence-corrected chi connectivity index (χ0v) is 19.8. The second kappa shape index (κ2) is 9.75. The number of nitrogens with one attached hydrogen (secondary N) is 2. The van der Waals surface area contributed by atoms with Crippen molar-refractivity contribution in [3.63, 3.8) is 0 Å². The molecular formula is C18H36IN5O2. The van der Waals surface area contributed by atoms with Crippen LogP contribution < -0.4 is 10.6 Å². The first kappa shape index (κ1) is 24.9. The molecule has 0 aliphatic carbocycles. The smallest absolute Gasteiger partial charge is 0.242 e. The first-order valence-corrected chi connectivity index (χ1v) is 9.04. The first-order chi connectivity index (χ1) is 11.4. The van der Waals surface area contributed by atoms with Crippen LogP contribution in [-0.4, -0.2) is 70.9 Å². The van der Waals surface area contributed by atoms with Gasteiger partial charge in [0.2, 0.25) is 11.8 Å².